The highest BCUT2D eigenvalue weighted by atomic mass is 16.5. The normalized spacial score (nSPS) is 11.1. The van der Waals surface area contributed by atoms with Gasteiger partial charge in [0.15, 0.2) is 5.84 Å². The van der Waals surface area contributed by atoms with Gasteiger partial charge < -0.3 is 20.4 Å². The third-order valence-corrected chi connectivity index (χ3v) is 2.40. The van der Waals surface area contributed by atoms with Gasteiger partial charge in [0.05, 0.1) is 7.11 Å². The summed E-state index contributed by atoms with van der Waals surface area (Å²) in [5.74, 6) is 1.87. The van der Waals surface area contributed by atoms with E-state index in [1.54, 1.807) is 43.5 Å². The molecule has 1 heterocycles. The molecule has 3 N–H and O–H groups in total. The molecule has 2 aromatic rings. The van der Waals surface area contributed by atoms with Gasteiger partial charge in [-0.1, -0.05) is 5.16 Å². The lowest BCUT2D eigenvalue weighted by atomic mass is 10.3. The highest BCUT2D eigenvalue weighted by Crippen LogP contribution is 2.23. The van der Waals surface area contributed by atoms with Crippen molar-refractivity contribution in [3.05, 3.63) is 48.3 Å². The molecule has 0 radical (unpaired) electrons. The van der Waals surface area contributed by atoms with Crippen LogP contribution in [0.3, 0.4) is 0 Å². The number of amidine groups is 1. The van der Waals surface area contributed by atoms with Crippen LogP contribution in [0.2, 0.25) is 0 Å². The minimum atomic E-state index is -0.0693. The van der Waals surface area contributed by atoms with E-state index in [2.05, 4.69) is 10.1 Å². The quantitative estimate of drug-likeness (QED) is 0.379. The molecule has 1 aromatic heterocycles. The summed E-state index contributed by atoms with van der Waals surface area (Å²) in [6.07, 6.45) is 1.52. The zero-order valence-electron chi connectivity index (χ0n) is 10.3. The number of nitrogens with zero attached hydrogens (tertiary/aromatic N) is 2. The van der Waals surface area contributed by atoms with Gasteiger partial charge in [0, 0.05) is 12.3 Å². The van der Waals surface area contributed by atoms with Crippen molar-refractivity contribution in [1.29, 1.82) is 0 Å². The van der Waals surface area contributed by atoms with Crippen molar-refractivity contribution >= 4 is 5.84 Å². The Morgan fingerprint density at radius 3 is 2.47 bits per heavy atom. The molecule has 0 aliphatic heterocycles. The molecule has 0 spiro atoms. The number of oxime groups is 1. The summed E-state index contributed by atoms with van der Waals surface area (Å²) in [7, 11) is 1.60. The highest BCUT2D eigenvalue weighted by molar-refractivity contribution is 5.95. The molecular weight excluding hydrogens is 246 g/mol. The summed E-state index contributed by atoms with van der Waals surface area (Å²) in [5.41, 5.74) is 5.80. The van der Waals surface area contributed by atoms with Crippen molar-refractivity contribution in [3.8, 4) is 17.2 Å². The SMILES string of the molecule is COc1ccc(Oc2ccnc(C(N)=NO)c2)cc1. The molecule has 0 bridgehead atoms. The summed E-state index contributed by atoms with van der Waals surface area (Å²) in [5, 5.41) is 11.5. The van der Waals surface area contributed by atoms with Gasteiger partial charge in [0.1, 0.15) is 22.9 Å². The number of rotatable bonds is 4. The van der Waals surface area contributed by atoms with Crippen molar-refractivity contribution in [3.63, 3.8) is 0 Å². The monoisotopic (exact) mass is 259 g/mol. The molecule has 6 heteroatoms. The number of nitrogens with two attached hydrogens (primary N) is 1. The number of methoxy groups -OCH3 is 1. The van der Waals surface area contributed by atoms with Crippen LogP contribution < -0.4 is 15.2 Å². The van der Waals surface area contributed by atoms with E-state index in [-0.39, 0.29) is 5.84 Å². The van der Waals surface area contributed by atoms with Crippen LogP contribution in [0.5, 0.6) is 17.2 Å². The number of hydrogen-bond acceptors (Lipinski definition) is 5. The highest BCUT2D eigenvalue weighted by Gasteiger charge is 2.04. The standard InChI is InChI=1S/C13H13N3O3/c1-18-9-2-4-10(5-3-9)19-11-6-7-15-12(8-11)13(14)16-17/h2-8,17H,1H3,(H2,14,16). The van der Waals surface area contributed by atoms with Crippen LogP contribution in [-0.2, 0) is 0 Å². The van der Waals surface area contributed by atoms with Gasteiger partial charge in [-0.25, -0.2) is 0 Å². The summed E-state index contributed by atoms with van der Waals surface area (Å²) in [4.78, 5) is 3.96. The molecule has 0 aliphatic rings. The van der Waals surface area contributed by atoms with Crippen molar-refractivity contribution in [2.24, 2.45) is 10.9 Å². The van der Waals surface area contributed by atoms with Crippen molar-refractivity contribution < 1.29 is 14.7 Å². The van der Waals surface area contributed by atoms with Crippen LogP contribution in [0.4, 0.5) is 0 Å². The first-order valence-corrected chi connectivity index (χ1v) is 5.49. The second kappa shape index (κ2) is 5.72. The zero-order chi connectivity index (χ0) is 13.7. The zero-order valence-corrected chi connectivity index (χ0v) is 10.3. The lowest BCUT2D eigenvalue weighted by Crippen LogP contribution is -2.14. The van der Waals surface area contributed by atoms with Crippen molar-refractivity contribution in [1.82, 2.24) is 4.98 Å². The van der Waals surface area contributed by atoms with Crippen LogP contribution >= 0.6 is 0 Å². The van der Waals surface area contributed by atoms with E-state index in [0.29, 0.717) is 17.2 Å². The maximum Gasteiger partial charge on any atom is 0.188 e. The summed E-state index contributed by atoms with van der Waals surface area (Å²) >= 11 is 0. The Balaban J connectivity index is 2.18. The van der Waals surface area contributed by atoms with Crippen LogP contribution in [0.1, 0.15) is 5.69 Å². The molecule has 19 heavy (non-hydrogen) atoms. The van der Waals surface area contributed by atoms with E-state index in [9.17, 15) is 0 Å². The van der Waals surface area contributed by atoms with Gasteiger partial charge in [0.2, 0.25) is 0 Å². The topological polar surface area (TPSA) is 90.0 Å². The average Bonchev–Trinajstić information content (AvgIpc) is 2.47. The van der Waals surface area contributed by atoms with Crippen LogP contribution in [-0.4, -0.2) is 23.1 Å². The Morgan fingerprint density at radius 1 is 1.16 bits per heavy atom. The van der Waals surface area contributed by atoms with Gasteiger partial charge in [-0.05, 0) is 30.3 Å². The van der Waals surface area contributed by atoms with Gasteiger partial charge in [0.25, 0.3) is 0 Å². The first-order chi connectivity index (χ1) is 9.22. The number of hydrogen-bond donors (Lipinski definition) is 2. The molecule has 2 rings (SSSR count). The first-order valence-electron chi connectivity index (χ1n) is 5.49. The van der Waals surface area contributed by atoms with Crippen LogP contribution in [0.25, 0.3) is 0 Å². The maximum absolute atomic E-state index is 8.59. The predicted molar refractivity (Wildman–Crippen MR) is 69.8 cm³/mol. The van der Waals surface area contributed by atoms with Crippen LogP contribution in [0.15, 0.2) is 47.8 Å². The number of benzene rings is 1. The molecule has 0 fully saturated rings. The molecule has 1 aromatic carbocycles. The van der Waals surface area contributed by atoms with Crippen molar-refractivity contribution in [2.45, 2.75) is 0 Å². The molecule has 6 nitrogen and oxygen atoms in total. The fraction of sp³-hybridized carbons (Fsp3) is 0.0769. The van der Waals surface area contributed by atoms with E-state index in [1.807, 2.05) is 0 Å². The van der Waals surface area contributed by atoms with E-state index in [1.165, 1.54) is 6.20 Å². The molecule has 98 valence electrons. The van der Waals surface area contributed by atoms with E-state index >= 15 is 0 Å². The third-order valence-electron chi connectivity index (χ3n) is 2.40. The molecular formula is C13H13N3O3. The molecule has 0 saturated heterocycles. The molecule has 0 unspecified atom stereocenters. The smallest absolute Gasteiger partial charge is 0.188 e. The second-order valence-corrected chi connectivity index (χ2v) is 3.64. The van der Waals surface area contributed by atoms with Gasteiger partial charge in [-0.2, -0.15) is 0 Å². The van der Waals surface area contributed by atoms with E-state index < -0.39 is 0 Å². The fourth-order valence-corrected chi connectivity index (χ4v) is 1.45. The average molecular weight is 259 g/mol. The third kappa shape index (κ3) is 3.12. The Morgan fingerprint density at radius 2 is 1.84 bits per heavy atom. The van der Waals surface area contributed by atoms with E-state index in [4.69, 9.17) is 20.4 Å². The second-order valence-electron chi connectivity index (χ2n) is 3.64. The number of aromatic nitrogens is 1. The minimum absolute atomic E-state index is 0.0693. The maximum atomic E-state index is 8.59. The summed E-state index contributed by atoms with van der Waals surface area (Å²) in [6.45, 7) is 0. The lowest BCUT2D eigenvalue weighted by Gasteiger charge is -2.07. The summed E-state index contributed by atoms with van der Waals surface area (Å²) in [6, 6.07) is 10.4. The molecule has 0 atom stereocenters. The van der Waals surface area contributed by atoms with Gasteiger partial charge in [-0.3, -0.25) is 4.98 Å². The Labute approximate surface area is 110 Å². The fourth-order valence-electron chi connectivity index (χ4n) is 1.45. The molecule has 0 saturated carbocycles. The van der Waals surface area contributed by atoms with Crippen LogP contribution in [0, 0.1) is 0 Å². The molecule has 0 amide bonds. The van der Waals surface area contributed by atoms with Gasteiger partial charge in [-0.15, -0.1) is 0 Å². The lowest BCUT2D eigenvalue weighted by molar-refractivity contribution is 0.318. The number of pyridine rings is 1. The number of ether oxygens (including phenoxy) is 2. The Hall–Kier alpha value is -2.76. The molecule has 0 aliphatic carbocycles. The predicted octanol–water partition coefficient (Wildman–Crippen LogP) is 1.98. The Bertz CT molecular complexity index is 582. The van der Waals surface area contributed by atoms with Crippen molar-refractivity contribution in [2.75, 3.05) is 7.11 Å². The van der Waals surface area contributed by atoms with E-state index in [0.717, 1.165) is 5.75 Å². The Kier molecular flexibility index (Phi) is 3.82. The van der Waals surface area contributed by atoms with Gasteiger partial charge >= 0.3 is 0 Å². The largest absolute Gasteiger partial charge is 0.497 e. The summed E-state index contributed by atoms with van der Waals surface area (Å²) < 4.78 is 10.7. The first kappa shape index (κ1) is 12.7. The minimum Gasteiger partial charge on any atom is -0.497 e.